The Balaban J connectivity index is 1.63. The van der Waals surface area contributed by atoms with Crippen LogP contribution < -0.4 is 15.4 Å². The van der Waals surface area contributed by atoms with Crippen molar-refractivity contribution in [1.29, 1.82) is 0 Å². The summed E-state index contributed by atoms with van der Waals surface area (Å²) in [7, 11) is 0. The summed E-state index contributed by atoms with van der Waals surface area (Å²) in [6.45, 7) is 9.05. The van der Waals surface area contributed by atoms with Crippen molar-refractivity contribution in [1.82, 2.24) is 10.6 Å². The van der Waals surface area contributed by atoms with Gasteiger partial charge in [0.25, 0.3) is 0 Å². The number of hydrogen-bond donors (Lipinski definition) is 2. The first kappa shape index (κ1) is 17.5. The number of ether oxygens (including phenoxy) is 1. The number of benzene rings is 2. The zero-order chi connectivity index (χ0) is 16.5. The van der Waals surface area contributed by atoms with E-state index in [-0.39, 0.29) is 6.10 Å². The van der Waals surface area contributed by atoms with Crippen molar-refractivity contribution in [2.24, 2.45) is 0 Å². The van der Waals surface area contributed by atoms with Crippen molar-refractivity contribution < 1.29 is 4.74 Å². The zero-order valence-electron chi connectivity index (χ0n) is 14.4. The lowest BCUT2D eigenvalue weighted by molar-refractivity contribution is 0.242. The Bertz CT molecular complexity index is 552. The molecule has 2 N–H and O–H groups in total. The molecule has 0 aliphatic carbocycles. The van der Waals surface area contributed by atoms with Gasteiger partial charge in [-0.1, -0.05) is 42.5 Å². The molecule has 0 bridgehead atoms. The largest absolute Gasteiger partial charge is 0.491 e. The maximum absolute atomic E-state index is 5.65. The molecule has 0 aliphatic heterocycles. The second kappa shape index (κ2) is 9.33. The van der Waals surface area contributed by atoms with Gasteiger partial charge >= 0.3 is 0 Å². The summed E-state index contributed by atoms with van der Waals surface area (Å²) in [6.07, 6.45) is 0.219. The van der Waals surface area contributed by atoms with Crippen LogP contribution in [0.2, 0.25) is 0 Å². The molecule has 0 aliphatic rings. The molecule has 23 heavy (non-hydrogen) atoms. The second-order valence-corrected chi connectivity index (χ2v) is 6.07. The topological polar surface area (TPSA) is 33.3 Å². The minimum absolute atomic E-state index is 0.219. The third kappa shape index (κ3) is 6.43. The monoisotopic (exact) mass is 312 g/mol. The lowest BCUT2D eigenvalue weighted by atomic mass is 10.1. The smallest absolute Gasteiger partial charge is 0.119 e. The van der Waals surface area contributed by atoms with Crippen LogP contribution in [0.5, 0.6) is 5.75 Å². The highest BCUT2D eigenvalue weighted by molar-refractivity contribution is 5.27. The fourth-order valence-electron chi connectivity index (χ4n) is 2.43. The molecular formula is C20H28N2O. The van der Waals surface area contributed by atoms with Crippen LogP contribution in [0.1, 0.15) is 37.9 Å². The highest BCUT2D eigenvalue weighted by atomic mass is 16.5. The molecule has 1 atom stereocenters. The van der Waals surface area contributed by atoms with E-state index >= 15 is 0 Å². The van der Waals surface area contributed by atoms with Crippen LogP contribution in [-0.2, 0) is 6.54 Å². The molecule has 2 aromatic rings. The Morgan fingerprint density at radius 2 is 1.57 bits per heavy atom. The van der Waals surface area contributed by atoms with Gasteiger partial charge in [0.1, 0.15) is 5.75 Å². The predicted octanol–water partition coefficient (Wildman–Crippen LogP) is 3.91. The average Bonchev–Trinajstić information content (AvgIpc) is 2.56. The third-order valence-electron chi connectivity index (χ3n) is 3.68. The van der Waals surface area contributed by atoms with E-state index in [2.05, 4.69) is 60.0 Å². The van der Waals surface area contributed by atoms with Crippen LogP contribution in [0.4, 0.5) is 0 Å². The molecule has 0 amide bonds. The maximum atomic E-state index is 5.65. The van der Waals surface area contributed by atoms with Crippen molar-refractivity contribution in [2.45, 2.75) is 39.5 Å². The molecule has 0 radical (unpaired) electrons. The minimum Gasteiger partial charge on any atom is -0.491 e. The predicted molar refractivity (Wildman–Crippen MR) is 96.8 cm³/mol. The number of hydrogen-bond acceptors (Lipinski definition) is 3. The highest BCUT2D eigenvalue weighted by Crippen LogP contribution is 2.13. The van der Waals surface area contributed by atoms with Crippen LogP contribution in [0.25, 0.3) is 0 Å². The van der Waals surface area contributed by atoms with Gasteiger partial charge < -0.3 is 15.4 Å². The van der Waals surface area contributed by atoms with Crippen LogP contribution in [0.15, 0.2) is 54.6 Å². The average molecular weight is 312 g/mol. The molecule has 0 spiro atoms. The first-order valence-electron chi connectivity index (χ1n) is 8.40. The molecule has 0 saturated carbocycles. The molecule has 2 aromatic carbocycles. The van der Waals surface area contributed by atoms with Gasteiger partial charge in [-0.15, -0.1) is 0 Å². The first-order valence-corrected chi connectivity index (χ1v) is 8.40. The molecule has 2 rings (SSSR count). The van der Waals surface area contributed by atoms with Crippen molar-refractivity contribution >= 4 is 0 Å². The Kier molecular flexibility index (Phi) is 7.11. The first-order chi connectivity index (χ1) is 11.1. The van der Waals surface area contributed by atoms with E-state index in [4.69, 9.17) is 4.74 Å². The Morgan fingerprint density at radius 1 is 0.870 bits per heavy atom. The van der Waals surface area contributed by atoms with Gasteiger partial charge in [0.05, 0.1) is 6.10 Å². The standard InChI is InChI=1S/C20H28N2O/c1-16(2)23-20-11-9-18(10-12-20)15-21-13-14-22-17(3)19-7-5-4-6-8-19/h4-12,16-17,21-22H,13-15H2,1-3H3. The fraction of sp³-hybridized carbons (Fsp3) is 0.400. The Labute approximate surface area is 140 Å². The SMILES string of the molecule is CC(C)Oc1ccc(CNCCNC(C)c2ccccc2)cc1. The van der Waals surface area contributed by atoms with Crippen molar-refractivity contribution in [3.63, 3.8) is 0 Å². The highest BCUT2D eigenvalue weighted by Gasteiger charge is 2.02. The minimum atomic E-state index is 0.219. The molecule has 0 aromatic heterocycles. The summed E-state index contributed by atoms with van der Waals surface area (Å²) in [5.74, 6) is 0.933. The Morgan fingerprint density at radius 3 is 2.22 bits per heavy atom. The number of rotatable bonds is 9. The third-order valence-corrected chi connectivity index (χ3v) is 3.68. The van der Waals surface area contributed by atoms with E-state index in [0.29, 0.717) is 6.04 Å². The molecule has 3 heteroatoms. The van der Waals surface area contributed by atoms with Crippen molar-refractivity contribution in [3.8, 4) is 5.75 Å². The van der Waals surface area contributed by atoms with E-state index in [1.165, 1.54) is 11.1 Å². The summed E-state index contributed by atoms with van der Waals surface area (Å²) < 4.78 is 5.65. The normalized spacial score (nSPS) is 12.3. The zero-order valence-corrected chi connectivity index (χ0v) is 14.4. The van der Waals surface area contributed by atoms with Crippen LogP contribution in [-0.4, -0.2) is 19.2 Å². The summed E-state index contributed by atoms with van der Waals surface area (Å²) in [5, 5.41) is 7.00. The van der Waals surface area contributed by atoms with E-state index in [1.807, 2.05) is 26.0 Å². The lowest BCUT2D eigenvalue weighted by Crippen LogP contribution is -2.28. The van der Waals surface area contributed by atoms with Gasteiger partial charge in [-0.3, -0.25) is 0 Å². The summed E-state index contributed by atoms with van der Waals surface area (Å²) >= 11 is 0. The van der Waals surface area contributed by atoms with Crippen LogP contribution in [0, 0.1) is 0 Å². The molecule has 0 saturated heterocycles. The van der Waals surface area contributed by atoms with E-state index in [0.717, 1.165) is 25.4 Å². The molecule has 124 valence electrons. The van der Waals surface area contributed by atoms with Crippen LogP contribution >= 0.6 is 0 Å². The van der Waals surface area contributed by atoms with Gasteiger partial charge in [-0.05, 0) is 44.0 Å². The Hall–Kier alpha value is -1.84. The van der Waals surface area contributed by atoms with E-state index in [1.54, 1.807) is 0 Å². The van der Waals surface area contributed by atoms with Gasteiger partial charge in [-0.25, -0.2) is 0 Å². The van der Waals surface area contributed by atoms with Gasteiger partial charge in [-0.2, -0.15) is 0 Å². The van der Waals surface area contributed by atoms with Crippen LogP contribution in [0.3, 0.4) is 0 Å². The lowest BCUT2D eigenvalue weighted by Gasteiger charge is -2.14. The second-order valence-electron chi connectivity index (χ2n) is 6.07. The van der Waals surface area contributed by atoms with Gasteiger partial charge in [0.2, 0.25) is 0 Å². The fourth-order valence-corrected chi connectivity index (χ4v) is 2.43. The van der Waals surface area contributed by atoms with E-state index < -0.39 is 0 Å². The molecule has 3 nitrogen and oxygen atoms in total. The summed E-state index contributed by atoms with van der Waals surface area (Å²) in [4.78, 5) is 0. The van der Waals surface area contributed by atoms with E-state index in [9.17, 15) is 0 Å². The van der Waals surface area contributed by atoms with Gasteiger partial charge in [0.15, 0.2) is 0 Å². The molecule has 0 heterocycles. The van der Waals surface area contributed by atoms with Crippen molar-refractivity contribution in [2.75, 3.05) is 13.1 Å². The number of nitrogens with one attached hydrogen (secondary N) is 2. The maximum Gasteiger partial charge on any atom is 0.119 e. The van der Waals surface area contributed by atoms with Gasteiger partial charge in [0, 0.05) is 25.7 Å². The summed E-state index contributed by atoms with van der Waals surface area (Å²) in [5.41, 5.74) is 2.60. The van der Waals surface area contributed by atoms with Crippen molar-refractivity contribution in [3.05, 3.63) is 65.7 Å². The molecular weight excluding hydrogens is 284 g/mol. The molecule has 1 unspecified atom stereocenters. The quantitative estimate of drug-likeness (QED) is 0.689. The summed E-state index contributed by atoms with van der Waals surface area (Å²) in [6, 6.07) is 19.2. The molecule has 0 fully saturated rings.